The normalized spacial score (nSPS) is 15.1. The van der Waals surface area contributed by atoms with Crippen molar-refractivity contribution in [2.75, 3.05) is 24.0 Å². The molecule has 1 aromatic rings. The average molecular weight is 335 g/mol. The highest BCUT2D eigenvalue weighted by molar-refractivity contribution is 7.99. The summed E-state index contributed by atoms with van der Waals surface area (Å²) in [5.74, 6) is 0.0378. The topological polar surface area (TPSA) is 46.6 Å². The molecule has 0 N–H and O–H groups in total. The molecule has 1 aliphatic carbocycles. The van der Waals surface area contributed by atoms with Gasteiger partial charge in [0.2, 0.25) is 5.91 Å². The largest absolute Gasteiger partial charge is 0.467 e. The highest BCUT2D eigenvalue weighted by Crippen LogP contribution is 2.47. The van der Waals surface area contributed by atoms with Crippen molar-refractivity contribution in [3.05, 3.63) is 29.3 Å². The highest BCUT2D eigenvalue weighted by atomic mass is 32.2. The van der Waals surface area contributed by atoms with Gasteiger partial charge >= 0.3 is 5.97 Å². The van der Waals surface area contributed by atoms with Crippen LogP contribution in [0, 0.1) is 0 Å². The Morgan fingerprint density at radius 2 is 1.78 bits per heavy atom. The second-order valence-corrected chi connectivity index (χ2v) is 6.68. The first-order valence-electron chi connectivity index (χ1n) is 8.06. The number of hydrogen-bond donors (Lipinski definition) is 0. The van der Waals surface area contributed by atoms with Crippen molar-refractivity contribution >= 4 is 29.3 Å². The first-order chi connectivity index (χ1) is 11.1. The van der Waals surface area contributed by atoms with E-state index in [2.05, 4.69) is 13.8 Å². The number of anilines is 1. The number of rotatable bonds is 7. The standard InChI is InChI=1S/C18H25NO3S/c1-5-13-8-7-9-14(6-2)16(13)19(15(20)12-23-4)18(10-11-18)17(21)22-3/h7-9H,5-6,10-12H2,1-4H3. The van der Waals surface area contributed by atoms with Gasteiger partial charge in [-0.15, -0.1) is 0 Å². The molecular weight excluding hydrogens is 310 g/mol. The smallest absolute Gasteiger partial charge is 0.332 e. The van der Waals surface area contributed by atoms with Gasteiger partial charge in [-0.1, -0.05) is 32.0 Å². The molecule has 0 atom stereocenters. The van der Waals surface area contributed by atoms with Crippen LogP contribution < -0.4 is 4.90 Å². The van der Waals surface area contributed by atoms with Crippen LogP contribution in [0.2, 0.25) is 0 Å². The lowest BCUT2D eigenvalue weighted by Gasteiger charge is -2.33. The molecule has 5 heteroatoms. The van der Waals surface area contributed by atoms with Crippen molar-refractivity contribution in [1.29, 1.82) is 0 Å². The molecule has 0 radical (unpaired) electrons. The van der Waals surface area contributed by atoms with Crippen molar-refractivity contribution in [2.24, 2.45) is 0 Å². The number of benzene rings is 1. The third kappa shape index (κ3) is 3.25. The summed E-state index contributed by atoms with van der Waals surface area (Å²) < 4.78 is 5.02. The van der Waals surface area contributed by atoms with E-state index in [0.717, 1.165) is 29.7 Å². The van der Waals surface area contributed by atoms with Crippen LogP contribution in [0.25, 0.3) is 0 Å². The SMILES string of the molecule is CCc1cccc(CC)c1N(C(=O)CSC)C1(C(=O)OC)CC1. The Balaban J connectivity index is 2.60. The molecule has 0 spiro atoms. The van der Waals surface area contributed by atoms with Gasteiger partial charge in [0.15, 0.2) is 0 Å². The molecule has 1 aliphatic rings. The zero-order chi connectivity index (χ0) is 17.0. The summed E-state index contributed by atoms with van der Waals surface area (Å²) in [6.07, 6.45) is 4.88. The molecule has 0 saturated heterocycles. The van der Waals surface area contributed by atoms with E-state index in [1.165, 1.54) is 18.9 Å². The first kappa shape index (κ1) is 17.9. The lowest BCUT2D eigenvalue weighted by Crippen LogP contribution is -2.49. The zero-order valence-electron chi connectivity index (χ0n) is 14.3. The van der Waals surface area contributed by atoms with Crippen LogP contribution >= 0.6 is 11.8 Å². The van der Waals surface area contributed by atoms with E-state index in [9.17, 15) is 9.59 Å². The van der Waals surface area contributed by atoms with E-state index in [0.29, 0.717) is 18.6 Å². The van der Waals surface area contributed by atoms with Gasteiger partial charge in [-0.2, -0.15) is 11.8 Å². The number of carbonyl (C=O) groups is 2. The van der Waals surface area contributed by atoms with E-state index in [4.69, 9.17) is 4.74 Å². The molecule has 0 aromatic heterocycles. The van der Waals surface area contributed by atoms with E-state index >= 15 is 0 Å². The molecule has 126 valence electrons. The molecular formula is C18H25NO3S. The molecule has 2 rings (SSSR count). The summed E-state index contributed by atoms with van der Waals surface area (Å²) in [4.78, 5) is 27.0. The maximum atomic E-state index is 12.9. The lowest BCUT2D eigenvalue weighted by atomic mass is 9.99. The van der Waals surface area contributed by atoms with Crippen LogP contribution in [0.5, 0.6) is 0 Å². The molecule has 0 bridgehead atoms. The minimum Gasteiger partial charge on any atom is -0.467 e. The average Bonchev–Trinajstić information content (AvgIpc) is 3.36. The maximum Gasteiger partial charge on any atom is 0.332 e. The van der Waals surface area contributed by atoms with Crippen LogP contribution in [0.4, 0.5) is 5.69 Å². The number of carbonyl (C=O) groups excluding carboxylic acids is 2. The Kier molecular flexibility index (Phi) is 5.74. The molecule has 1 amide bonds. The Morgan fingerprint density at radius 3 is 2.17 bits per heavy atom. The molecule has 4 nitrogen and oxygen atoms in total. The zero-order valence-corrected chi connectivity index (χ0v) is 15.2. The molecule has 0 unspecified atom stereocenters. The van der Waals surface area contributed by atoms with E-state index in [-0.39, 0.29) is 11.9 Å². The molecule has 23 heavy (non-hydrogen) atoms. The number of nitrogens with zero attached hydrogens (tertiary/aromatic N) is 1. The van der Waals surface area contributed by atoms with Gasteiger partial charge in [0.05, 0.1) is 18.6 Å². The lowest BCUT2D eigenvalue weighted by molar-refractivity contribution is -0.144. The van der Waals surface area contributed by atoms with Gasteiger partial charge < -0.3 is 4.74 Å². The van der Waals surface area contributed by atoms with Gasteiger partial charge in [-0.3, -0.25) is 9.69 Å². The number of ether oxygens (including phenoxy) is 1. The third-order valence-corrected chi connectivity index (χ3v) is 4.96. The van der Waals surface area contributed by atoms with Gasteiger partial charge in [-0.25, -0.2) is 4.79 Å². The van der Waals surface area contributed by atoms with Gasteiger partial charge in [0, 0.05) is 0 Å². The highest BCUT2D eigenvalue weighted by Gasteiger charge is 2.58. The molecule has 1 aromatic carbocycles. The van der Waals surface area contributed by atoms with Crippen LogP contribution in [0.15, 0.2) is 18.2 Å². The van der Waals surface area contributed by atoms with Crippen molar-refractivity contribution in [1.82, 2.24) is 0 Å². The third-order valence-electron chi connectivity index (χ3n) is 4.42. The number of amides is 1. The molecule has 1 saturated carbocycles. The maximum absolute atomic E-state index is 12.9. The number of esters is 1. The fourth-order valence-electron chi connectivity index (χ4n) is 3.10. The Labute approximate surface area is 142 Å². The monoisotopic (exact) mass is 335 g/mol. The summed E-state index contributed by atoms with van der Waals surface area (Å²) in [5, 5.41) is 0. The minimum atomic E-state index is -0.809. The fourth-order valence-corrected chi connectivity index (χ4v) is 3.47. The van der Waals surface area contributed by atoms with Crippen LogP contribution in [-0.4, -0.2) is 36.5 Å². The van der Waals surface area contributed by atoms with Gasteiger partial charge in [0.25, 0.3) is 0 Å². The molecule has 0 aliphatic heterocycles. The molecule has 1 fully saturated rings. The van der Waals surface area contributed by atoms with Crippen molar-refractivity contribution in [3.63, 3.8) is 0 Å². The van der Waals surface area contributed by atoms with Crippen LogP contribution in [0.1, 0.15) is 37.8 Å². The Morgan fingerprint density at radius 1 is 1.22 bits per heavy atom. The van der Waals surface area contributed by atoms with Crippen molar-refractivity contribution < 1.29 is 14.3 Å². The second kappa shape index (κ2) is 7.39. The predicted octanol–water partition coefficient (Wildman–Crippen LogP) is 3.21. The predicted molar refractivity (Wildman–Crippen MR) is 95.0 cm³/mol. The van der Waals surface area contributed by atoms with Gasteiger partial charge in [0.1, 0.15) is 5.54 Å². The summed E-state index contributed by atoms with van der Waals surface area (Å²) in [6.45, 7) is 4.15. The number of para-hydroxylation sites is 1. The summed E-state index contributed by atoms with van der Waals surface area (Å²) in [5.41, 5.74) is 2.32. The number of aryl methyl sites for hydroxylation is 2. The quantitative estimate of drug-likeness (QED) is 0.718. The number of hydrogen-bond acceptors (Lipinski definition) is 4. The Hall–Kier alpha value is -1.49. The second-order valence-electron chi connectivity index (χ2n) is 5.82. The number of methoxy groups -OCH3 is 1. The Bertz CT molecular complexity index is 574. The van der Waals surface area contributed by atoms with Crippen molar-refractivity contribution in [3.8, 4) is 0 Å². The fraction of sp³-hybridized carbons (Fsp3) is 0.556. The van der Waals surface area contributed by atoms with E-state index in [1.54, 1.807) is 4.90 Å². The number of thioether (sulfide) groups is 1. The summed E-state index contributed by atoms with van der Waals surface area (Å²) >= 11 is 1.48. The summed E-state index contributed by atoms with van der Waals surface area (Å²) in [7, 11) is 1.39. The first-order valence-corrected chi connectivity index (χ1v) is 9.46. The van der Waals surface area contributed by atoms with Crippen molar-refractivity contribution in [2.45, 2.75) is 45.1 Å². The van der Waals surface area contributed by atoms with Crippen LogP contribution in [-0.2, 0) is 27.2 Å². The minimum absolute atomic E-state index is 0.0176. The van der Waals surface area contributed by atoms with Gasteiger partial charge in [-0.05, 0) is 43.1 Å². The molecule has 0 heterocycles. The summed E-state index contributed by atoms with van der Waals surface area (Å²) in [6, 6.07) is 6.11. The van der Waals surface area contributed by atoms with Crippen LogP contribution in [0.3, 0.4) is 0 Å². The van der Waals surface area contributed by atoms with E-state index in [1.807, 2.05) is 24.5 Å². The van der Waals surface area contributed by atoms with E-state index < -0.39 is 5.54 Å².